The minimum absolute atomic E-state index is 0.00273. The summed E-state index contributed by atoms with van der Waals surface area (Å²) in [4.78, 5) is 4.81. The highest BCUT2D eigenvalue weighted by Crippen LogP contribution is 2.27. The molecule has 0 spiro atoms. The largest absolute Gasteiger partial charge is 0.379 e. The van der Waals surface area contributed by atoms with Crippen LogP contribution in [0.4, 0.5) is 0 Å². The Bertz CT molecular complexity index is 270. The quantitative estimate of drug-likeness (QED) is 0.745. The van der Waals surface area contributed by atoms with E-state index in [1.165, 1.54) is 6.42 Å². The minimum atomic E-state index is 0.00273. The number of nitrogens with zero attached hydrogens (tertiary/aromatic N) is 1. The van der Waals surface area contributed by atoms with E-state index < -0.39 is 0 Å². The number of ether oxygens (including phenoxy) is 1. The first-order chi connectivity index (χ1) is 6.99. The van der Waals surface area contributed by atoms with Crippen molar-refractivity contribution in [3.8, 4) is 0 Å². The van der Waals surface area contributed by atoms with Gasteiger partial charge in [-0.3, -0.25) is 4.99 Å². The fraction of sp³-hybridized carbons (Fsp3) is 0.909. The van der Waals surface area contributed by atoms with Gasteiger partial charge in [0.2, 0.25) is 0 Å². The van der Waals surface area contributed by atoms with Gasteiger partial charge in [0.1, 0.15) is 0 Å². The molecule has 2 heterocycles. The lowest BCUT2D eigenvalue weighted by molar-refractivity contribution is 0.182. The summed E-state index contributed by atoms with van der Waals surface area (Å²) in [5.41, 5.74) is 0.197. The average molecular weight is 228 g/mol. The number of hydrogen-bond acceptors (Lipinski definition) is 3. The molecule has 0 radical (unpaired) electrons. The Labute approximate surface area is 96.1 Å². The Morgan fingerprint density at radius 2 is 2.13 bits per heavy atom. The maximum Gasteiger partial charge on any atom is 0.157 e. The number of aliphatic imine (C=N–C) groups is 1. The molecule has 2 aliphatic heterocycles. The first-order valence-corrected chi connectivity index (χ1v) is 6.56. The number of rotatable bonds is 1. The van der Waals surface area contributed by atoms with E-state index in [9.17, 15) is 0 Å². The summed E-state index contributed by atoms with van der Waals surface area (Å²) in [6.45, 7) is 8.25. The summed E-state index contributed by atoms with van der Waals surface area (Å²) < 4.78 is 5.41. The van der Waals surface area contributed by atoms with Gasteiger partial charge in [0, 0.05) is 17.9 Å². The molecule has 2 saturated heterocycles. The second-order valence-electron chi connectivity index (χ2n) is 5.32. The first-order valence-electron chi connectivity index (χ1n) is 5.58. The van der Waals surface area contributed by atoms with Gasteiger partial charge in [-0.25, -0.2) is 0 Å². The molecule has 4 heteroatoms. The Hall–Kier alpha value is -0.220. The van der Waals surface area contributed by atoms with E-state index in [4.69, 9.17) is 9.73 Å². The normalized spacial score (nSPS) is 37.9. The highest BCUT2D eigenvalue weighted by molar-refractivity contribution is 8.13. The molecule has 2 aliphatic rings. The second kappa shape index (κ2) is 3.98. The van der Waals surface area contributed by atoms with Crippen LogP contribution in [0.25, 0.3) is 0 Å². The fourth-order valence-corrected chi connectivity index (χ4v) is 3.28. The maximum absolute atomic E-state index is 5.41. The molecule has 15 heavy (non-hydrogen) atoms. The van der Waals surface area contributed by atoms with E-state index in [0.29, 0.717) is 0 Å². The Kier molecular flexibility index (Phi) is 2.99. The topological polar surface area (TPSA) is 33.6 Å². The van der Waals surface area contributed by atoms with Gasteiger partial charge in [-0.05, 0) is 33.6 Å². The predicted molar refractivity (Wildman–Crippen MR) is 65.6 cm³/mol. The molecule has 0 amide bonds. The van der Waals surface area contributed by atoms with E-state index >= 15 is 0 Å². The summed E-state index contributed by atoms with van der Waals surface area (Å²) >= 11 is 1.83. The van der Waals surface area contributed by atoms with Crippen molar-refractivity contribution < 1.29 is 4.74 Å². The Morgan fingerprint density at radius 1 is 1.33 bits per heavy atom. The molecule has 2 rings (SSSR count). The van der Waals surface area contributed by atoms with Crippen molar-refractivity contribution in [2.24, 2.45) is 4.99 Å². The van der Waals surface area contributed by atoms with Crippen molar-refractivity contribution in [1.29, 1.82) is 0 Å². The van der Waals surface area contributed by atoms with Crippen LogP contribution in [0.5, 0.6) is 0 Å². The van der Waals surface area contributed by atoms with Crippen molar-refractivity contribution in [1.82, 2.24) is 5.32 Å². The van der Waals surface area contributed by atoms with Crippen LogP contribution in [0.15, 0.2) is 4.99 Å². The van der Waals surface area contributed by atoms with Crippen LogP contribution in [-0.4, -0.2) is 35.2 Å². The van der Waals surface area contributed by atoms with Crippen molar-refractivity contribution in [2.75, 3.05) is 19.0 Å². The lowest BCUT2D eigenvalue weighted by Gasteiger charge is -2.33. The van der Waals surface area contributed by atoms with Crippen LogP contribution in [0.3, 0.4) is 0 Å². The van der Waals surface area contributed by atoms with E-state index in [0.717, 1.165) is 30.6 Å². The van der Waals surface area contributed by atoms with Gasteiger partial charge in [-0.2, -0.15) is 0 Å². The van der Waals surface area contributed by atoms with Gasteiger partial charge in [-0.1, -0.05) is 11.8 Å². The summed E-state index contributed by atoms with van der Waals surface area (Å²) in [6, 6.07) is 0. The third-order valence-electron chi connectivity index (χ3n) is 2.98. The standard InChI is InChI=1S/C11H20N2OS/c1-10(2)5-7-15-9(12-10)13-11(3)4-6-14-8-11/h4-8H2,1-3H3,(H,12,13). The van der Waals surface area contributed by atoms with Gasteiger partial charge in [-0.15, -0.1) is 0 Å². The zero-order valence-electron chi connectivity index (χ0n) is 9.80. The summed E-state index contributed by atoms with van der Waals surface area (Å²) in [7, 11) is 0. The van der Waals surface area contributed by atoms with Crippen LogP contribution >= 0.6 is 11.8 Å². The summed E-state index contributed by atoms with van der Waals surface area (Å²) in [6.07, 6.45) is 2.24. The van der Waals surface area contributed by atoms with Crippen molar-refractivity contribution in [3.05, 3.63) is 0 Å². The fourth-order valence-electron chi connectivity index (χ4n) is 1.84. The zero-order valence-corrected chi connectivity index (χ0v) is 10.6. The zero-order chi connectivity index (χ0) is 10.9. The lowest BCUT2D eigenvalue weighted by Crippen LogP contribution is -2.47. The summed E-state index contributed by atoms with van der Waals surface area (Å²) in [5.74, 6) is 1.16. The molecular weight excluding hydrogens is 208 g/mol. The van der Waals surface area contributed by atoms with Crippen LogP contribution in [0.1, 0.15) is 33.6 Å². The monoisotopic (exact) mass is 228 g/mol. The SMILES string of the molecule is CC1(N=C2NC(C)(C)CCS2)CCOC1. The number of nitrogens with one attached hydrogen (secondary N) is 1. The third-order valence-corrected chi connectivity index (χ3v) is 3.86. The molecule has 2 fully saturated rings. The first kappa shape index (κ1) is 11.3. The minimum Gasteiger partial charge on any atom is -0.379 e. The molecule has 1 N–H and O–H groups in total. The highest BCUT2D eigenvalue weighted by atomic mass is 32.2. The molecule has 1 unspecified atom stereocenters. The molecule has 86 valence electrons. The molecule has 3 nitrogen and oxygen atoms in total. The number of amidine groups is 1. The van der Waals surface area contributed by atoms with Gasteiger partial charge in [0.25, 0.3) is 0 Å². The van der Waals surface area contributed by atoms with Crippen LogP contribution in [0, 0.1) is 0 Å². The number of hydrogen-bond donors (Lipinski definition) is 1. The van der Waals surface area contributed by atoms with Crippen LogP contribution in [-0.2, 0) is 4.74 Å². The maximum atomic E-state index is 5.41. The smallest absolute Gasteiger partial charge is 0.157 e. The molecule has 0 aromatic rings. The van der Waals surface area contributed by atoms with Gasteiger partial charge >= 0.3 is 0 Å². The highest BCUT2D eigenvalue weighted by Gasteiger charge is 2.32. The van der Waals surface area contributed by atoms with Crippen LogP contribution < -0.4 is 5.32 Å². The molecule has 0 aromatic heterocycles. The van der Waals surface area contributed by atoms with Crippen LogP contribution in [0.2, 0.25) is 0 Å². The van der Waals surface area contributed by atoms with E-state index in [-0.39, 0.29) is 11.1 Å². The Morgan fingerprint density at radius 3 is 2.73 bits per heavy atom. The van der Waals surface area contributed by atoms with E-state index in [2.05, 4.69) is 26.1 Å². The number of thioether (sulfide) groups is 1. The van der Waals surface area contributed by atoms with Crippen molar-refractivity contribution >= 4 is 16.9 Å². The molecule has 0 aromatic carbocycles. The third kappa shape index (κ3) is 2.88. The second-order valence-corrected chi connectivity index (χ2v) is 6.41. The van der Waals surface area contributed by atoms with E-state index in [1.807, 2.05) is 11.8 Å². The van der Waals surface area contributed by atoms with Gasteiger partial charge < -0.3 is 10.1 Å². The Balaban J connectivity index is 2.06. The molecular formula is C11H20N2OS. The lowest BCUT2D eigenvalue weighted by atomic mass is 10.0. The van der Waals surface area contributed by atoms with E-state index in [1.54, 1.807) is 0 Å². The predicted octanol–water partition coefficient (Wildman–Crippen LogP) is 2.03. The average Bonchev–Trinajstić information content (AvgIpc) is 2.49. The molecule has 0 bridgehead atoms. The molecule has 0 aliphatic carbocycles. The van der Waals surface area contributed by atoms with Crippen molar-refractivity contribution in [2.45, 2.75) is 44.7 Å². The van der Waals surface area contributed by atoms with Gasteiger partial charge in [0.05, 0.1) is 12.1 Å². The summed E-state index contributed by atoms with van der Waals surface area (Å²) in [5, 5.41) is 4.60. The molecule has 0 saturated carbocycles. The molecule has 1 atom stereocenters. The van der Waals surface area contributed by atoms with Crippen molar-refractivity contribution in [3.63, 3.8) is 0 Å². The van der Waals surface area contributed by atoms with Gasteiger partial charge in [0.15, 0.2) is 5.17 Å².